The molecule has 17 heavy (non-hydrogen) atoms. The summed E-state index contributed by atoms with van der Waals surface area (Å²) in [5.41, 5.74) is 3.17. The van der Waals surface area contributed by atoms with E-state index in [4.69, 9.17) is 0 Å². The van der Waals surface area contributed by atoms with E-state index in [0.717, 1.165) is 19.1 Å². The number of aldehydes is 1. The molecule has 0 aromatic rings. The average Bonchev–Trinajstić information content (AvgIpc) is 2.29. The maximum absolute atomic E-state index is 11.0. The summed E-state index contributed by atoms with van der Waals surface area (Å²) in [4.78, 5) is 11.0. The predicted molar refractivity (Wildman–Crippen MR) is 71.7 cm³/mol. The van der Waals surface area contributed by atoms with Crippen molar-refractivity contribution >= 4 is 6.29 Å². The van der Waals surface area contributed by atoms with E-state index in [1.54, 1.807) is 0 Å². The Balaban J connectivity index is 2.28. The lowest BCUT2D eigenvalue weighted by Crippen LogP contribution is -2.38. The van der Waals surface area contributed by atoms with Gasteiger partial charge >= 0.3 is 0 Å². The van der Waals surface area contributed by atoms with Crippen LogP contribution in [0.1, 0.15) is 46.5 Å². The number of hydrogen-bond donors (Lipinski definition) is 0. The van der Waals surface area contributed by atoms with E-state index in [1.165, 1.54) is 24.0 Å². The Morgan fingerprint density at radius 2 is 2.29 bits per heavy atom. The zero-order valence-corrected chi connectivity index (χ0v) is 11.3. The number of rotatable bonds is 2. The van der Waals surface area contributed by atoms with Crippen molar-refractivity contribution in [2.75, 3.05) is 0 Å². The van der Waals surface area contributed by atoms with Crippen LogP contribution in [0.5, 0.6) is 0 Å². The Hall–Kier alpha value is -0.850. The van der Waals surface area contributed by atoms with E-state index in [9.17, 15) is 4.79 Å². The van der Waals surface area contributed by atoms with Crippen LogP contribution in [0.15, 0.2) is 23.8 Å². The first-order valence-corrected chi connectivity index (χ1v) is 6.79. The molecular weight excluding hydrogens is 208 g/mol. The number of carbonyl (C=O) groups excluding carboxylic acids is 1. The van der Waals surface area contributed by atoms with Gasteiger partial charge in [-0.3, -0.25) is 0 Å². The fraction of sp³-hybridized carbons (Fsp3) is 0.688. The molecule has 0 bridgehead atoms. The van der Waals surface area contributed by atoms with Crippen LogP contribution >= 0.6 is 0 Å². The molecule has 0 saturated heterocycles. The minimum atomic E-state index is 0.162. The largest absolute Gasteiger partial charge is 0.303 e. The average molecular weight is 232 g/mol. The molecule has 0 amide bonds. The van der Waals surface area contributed by atoms with Crippen LogP contribution in [-0.2, 0) is 4.79 Å². The lowest BCUT2D eigenvalue weighted by Gasteiger charge is -2.48. The quantitative estimate of drug-likeness (QED) is 0.516. The number of fused-ring (bicyclic) bond motifs is 1. The third-order valence-electron chi connectivity index (χ3n) is 5.17. The van der Waals surface area contributed by atoms with Gasteiger partial charge in [0.1, 0.15) is 6.29 Å². The van der Waals surface area contributed by atoms with Gasteiger partial charge in [0.05, 0.1) is 0 Å². The van der Waals surface area contributed by atoms with Crippen LogP contribution in [-0.4, -0.2) is 6.29 Å². The predicted octanol–water partition coefficient (Wildman–Crippen LogP) is 4.15. The SMILES string of the molecule is C=C(C)C1CCC2=CC(C=O)CC(C)C2(C)C1. The zero-order valence-electron chi connectivity index (χ0n) is 11.3. The minimum absolute atomic E-state index is 0.162. The Morgan fingerprint density at radius 1 is 1.59 bits per heavy atom. The first-order chi connectivity index (χ1) is 7.97. The maximum atomic E-state index is 11.0. The van der Waals surface area contributed by atoms with Crippen LogP contribution in [0, 0.1) is 23.2 Å². The van der Waals surface area contributed by atoms with Gasteiger partial charge in [0.25, 0.3) is 0 Å². The fourth-order valence-electron chi connectivity index (χ4n) is 3.66. The molecule has 0 spiro atoms. The molecule has 2 rings (SSSR count). The van der Waals surface area contributed by atoms with Gasteiger partial charge in [0.2, 0.25) is 0 Å². The third-order valence-corrected chi connectivity index (χ3v) is 5.17. The molecule has 0 heterocycles. The van der Waals surface area contributed by atoms with Gasteiger partial charge in [-0.25, -0.2) is 0 Å². The van der Waals surface area contributed by atoms with Gasteiger partial charge in [0, 0.05) is 5.92 Å². The summed E-state index contributed by atoms with van der Waals surface area (Å²) in [6.45, 7) is 11.0. The van der Waals surface area contributed by atoms with Crippen molar-refractivity contribution in [1.29, 1.82) is 0 Å². The highest BCUT2D eigenvalue weighted by Crippen LogP contribution is 2.53. The Morgan fingerprint density at radius 3 is 2.88 bits per heavy atom. The lowest BCUT2D eigenvalue weighted by atomic mass is 9.56. The first kappa shape index (κ1) is 12.6. The number of carbonyl (C=O) groups is 1. The molecule has 0 N–H and O–H groups in total. The molecule has 0 aromatic heterocycles. The normalized spacial score (nSPS) is 41.4. The smallest absolute Gasteiger partial charge is 0.126 e. The first-order valence-electron chi connectivity index (χ1n) is 6.79. The number of hydrogen-bond acceptors (Lipinski definition) is 1. The molecular formula is C16H24O. The van der Waals surface area contributed by atoms with Crippen molar-refractivity contribution in [3.05, 3.63) is 23.8 Å². The van der Waals surface area contributed by atoms with E-state index >= 15 is 0 Å². The van der Waals surface area contributed by atoms with Gasteiger partial charge < -0.3 is 4.79 Å². The van der Waals surface area contributed by atoms with Crippen LogP contribution in [0.25, 0.3) is 0 Å². The van der Waals surface area contributed by atoms with Crippen molar-refractivity contribution in [3.8, 4) is 0 Å². The molecule has 2 aliphatic rings. The summed E-state index contributed by atoms with van der Waals surface area (Å²) in [6, 6.07) is 0. The van der Waals surface area contributed by atoms with Crippen molar-refractivity contribution in [2.24, 2.45) is 23.2 Å². The molecule has 0 aromatic carbocycles. The van der Waals surface area contributed by atoms with E-state index < -0.39 is 0 Å². The standard InChI is InChI=1S/C16H24O/c1-11(2)14-5-6-15-8-13(10-17)7-12(3)16(15,4)9-14/h8,10,12-14H,1,5-7,9H2,2-4H3. The molecule has 1 fully saturated rings. The maximum Gasteiger partial charge on any atom is 0.126 e. The van der Waals surface area contributed by atoms with Crippen molar-refractivity contribution < 1.29 is 4.79 Å². The van der Waals surface area contributed by atoms with Gasteiger partial charge in [-0.05, 0) is 49.9 Å². The van der Waals surface area contributed by atoms with Crippen LogP contribution in [0.2, 0.25) is 0 Å². The van der Waals surface area contributed by atoms with E-state index in [-0.39, 0.29) is 5.92 Å². The highest BCUT2D eigenvalue weighted by atomic mass is 16.1. The number of allylic oxidation sites excluding steroid dienone is 3. The van der Waals surface area contributed by atoms with Crippen molar-refractivity contribution in [1.82, 2.24) is 0 Å². The van der Waals surface area contributed by atoms with Crippen LogP contribution in [0.3, 0.4) is 0 Å². The second-order valence-corrected chi connectivity index (χ2v) is 6.33. The molecule has 94 valence electrons. The zero-order chi connectivity index (χ0) is 12.6. The third kappa shape index (κ3) is 2.12. The highest BCUT2D eigenvalue weighted by Gasteiger charge is 2.43. The van der Waals surface area contributed by atoms with Gasteiger partial charge in [0.15, 0.2) is 0 Å². The van der Waals surface area contributed by atoms with E-state index in [0.29, 0.717) is 17.3 Å². The van der Waals surface area contributed by atoms with Crippen molar-refractivity contribution in [3.63, 3.8) is 0 Å². The monoisotopic (exact) mass is 232 g/mol. The summed E-state index contributed by atoms with van der Waals surface area (Å²) >= 11 is 0. The summed E-state index contributed by atoms with van der Waals surface area (Å²) in [5.74, 6) is 1.45. The minimum Gasteiger partial charge on any atom is -0.303 e. The second-order valence-electron chi connectivity index (χ2n) is 6.33. The molecule has 4 atom stereocenters. The summed E-state index contributed by atoms with van der Waals surface area (Å²) < 4.78 is 0. The second kappa shape index (κ2) is 4.44. The fourth-order valence-corrected chi connectivity index (χ4v) is 3.66. The highest BCUT2D eigenvalue weighted by molar-refractivity contribution is 5.58. The molecule has 4 unspecified atom stereocenters. The Bertz CT molecular complexity index is 366. The van der Waals surface area contributed by atoms with Crippen molar-refractivity contribution in [2.45, 2.75) is 46.5 Å². The summed E-state index contributed by atoms with van der Waals surface area (Å²) in [5, 5.41) is 0. The Labute approximate surface area is 105 Å². The molecule has 1 nitrogen and oxygen atoms in total. The lowest BCUT2D eigenvalue weighted by molar-refractivity contribution is -0.110. The van der Waals surface area contributed by atoms with E-state index in [1.807, 2.05) is 0 Å². The van der Waals surface area contributed by atoms with Gasteiger partial charge in [-0.1, -0.05) is 37.6 Å². The molecule has 1 saturated carbocycles. The molecule has 0 radical (unpaired) electrons. The van der Waals surface area contributed by atoms with Crippen LogP contribution in [0.4, 0.5) is 0 Å². The van der Waals surface area contributed by atoms with Gasteiger partial charge in [-0.2, -0.15) is 0 Å². The van der Waals surface area contributed by atoms with Gasteiger partial charge in [-0.15, -0.1) is 0 Å². The molecule has 2 aliphatic carbocycles. The summed E-state index contributed by atoms with van der Waals surface area (Å²) in [7, 11) is 0. The summed E-state index contributed by atoms with van der Waals surface area (Å²) in [6.07, 6.45) is 7.99. The van der Waals surface area contributed by atoms with E-state index in [2.05, 4.69) is 33.4 Å². The van der Waals surface area contributed by atoms with Crippen LogP contribution < -0.4 is 0 Å². The topological polar surface area (TPSA) is 17.1 Å². The molecule has 1 heteroatoms. The molecule has 0 aliphatic heterocycles. The Kier molecular flexibility index (Phi) is 3.29.